The highest BCUT2D eigenvalue weighted by atomic mass is 16.6. The lowest BCUT2D eigenvalue weighted by atomic mass is 10.2. The zero-order valence-corrected chi connectivity index (χ0v) is 12.0. The highest BCUT2D eigenvalue weighted by molar-refractivity contribution is 5.94. The zero-order valence-electron chi connectivity index (χ0n) is 12.0. The van der Waals surface area contributed by atoms with Crippen LogP contribution >= 0.6 is 0 Å². The van der Waals surface area contributed by atoms with Crippen LogP contribution in [0.25, 0.3) is 0 Å². The fraction of sp³-hybridized carbons (Fsp3) is 0.188. The topological polar surface area (TPSA) is 56.8 Å². The van der Waals surface area contributed by atoms with Gasteiger partial charge in [0.05, 0.1) is 20.8 Å². The van der Waals surface area contributed by atoms with Crippen molar-refractivity contribution in [2.24, 2.45) is 0 Å². The Morgan fingerprint density at radius 3 is 2.38 bits per heavy atom. The Balaban J connectivity index is 1.94. The number of hydrogen-bond donors (Lipinski definition) is 1. The average molecular weight is 287 g/mol. The molecule has 0 aromatic heterocycles. The molecular weight excluding hydrogens is 270 g/mol. The summed E-state index contributed by atoms with van der Waals surface area (Å²) >= 11 is 0. The van der Waals surface area contributed by atoms with Crippen LogP contribution < -0.4 is 15.0 Å². The van der Waals surface area contributed by atoms with Gasteiger partial charge < -0.3 is 9.47 Å². The summed E-state index contributed by atoms with van der Waals surface area (Å²) in [5.74, 6) is 0.722. The number of amides is 1. The predicted octanol–water partition coefficient (Wildman–Crippen LogP) is 2.57. The minimum atomic E-state index is -0.341. The van der Waals surface area contributed by atoms with E-state index in [1.165, 1.54) is 7.11 Å². The number of benzene rings is 2. The Kier molecular flexibility index (Phi) is 5.17. The maximum absolute atomic E-state index is 12.0. The second-order valence-corrected chi connectivity index (χ2v) is 4.28. The summed E-state index contributed by atoms with van der Waals surface area (Å²) < 4.78 is 10.3. The summed E-state index contributed by atoms with van der Waals surface area (Å²) in [4.78, 5) is 17.2. The molecule has 5 heteroatoms. The van der Waals surface area contributed by atoms with Crippen LogP contribution in [-0.2, 0) is 11.4 Å². The van der Waals surface area contributed by atoms with E-state index in [1.807, 2.05) is 30.3 Å². The fourth-order valence-corrected chi connectivity index (χ4v) is 1.80. The molecule has 1 amide bonds. The van der Waals surface area contributed by atoms with E-state index < -0.39 is 0 Å². The second kappa shape index (κ2) is 7.31. The molecule has 0 unspecified atom stereocenters. The molecule has 0 atom stereocenters. The van der Waals surface area contributed by atoms with Crippen molar-refractivity contribution < 1.29 is 19.1 Å². The van der Waals surface area contributed by atoms with Crippen LogP contribution in [0.1, 0.15) is 15.9 Å². The SMILES string of the molecule is COc1ccc(C(=O)NOCc2ccccc2)cc1OC. The van der Waals surface area contributed by atoms with Gasteiger partial charge in [-0.3, -0.25) is 9.63 Å². The van der Waals surface area contributed by atoms with E-state index in [2.05, 4.69) is 5.48 Å². The first-order chi connectivity index (χ1) is 10.2. The van der Waals surface area contributed by atoms with E-state index in [9.17, 15) is 4.79 Å². The van der Waals surface area contributed by atoms with Gasteiger partial charge in [0.25, 0.3) is 5.91 Å². The maximum Gasteiger partial charge on any atom is 0.274 e. The summed E-state index contributed by atoms with van der Waals surface area (Å²) in [6.45, 7) is 0.305. The molecule has 21 heavy (non-hydrogen) atoms. The number of carbonyl (C=O) groups excluding carboxylic acids is 1. The lowest BCUT2D eigenvalue weighted by Crippen LogP contribution is -2.23. The molecule has 110 valence electrons. The molecule has 2 rings (SSSR count). The number of rotatable bonds is 6. The van der Waals surface area contributed by atoms with Crippen LogP contribution in [0, 0.1) is 0 Å². The van der Waals surface area contributed by atoms with Crippen molar-refractivity contribution in [3.05, 3.63) is 59.7 Å². The Labute approximate surface area is 123 Å². The Bertz CT molecular complexity index is 598. The van der Waals surface area contributed by atoms with Gasteiger partial charge in [-0.05, 0) is 23.8 Å². The first-order valence-electron chi connectivity index (χ1n) is 6.42. The van der Waals surface area contributed by atoms with Crippen molar-refractivity contribution in [2.75, 3.05) is 14.2 Å². The fourth-order valence-electron chi connectivity index (χ4n) is 1.80. The van der Waals surface area contributed by atoms with Gasteiger partial charge in [-0.15, -0.1) is 0 Å². The summed E-state index contributed by atoms with van der Waals surface area (Å²) in [6.07, 6.45) is 0. The van der Waals surface area contributed by atoms with Crippen molar-refractivity contribution in [3.8, 4) is 11.5 Å². The van der Waals surface area contributed by atoms with Crippen molar-refractivity contribution in [2.45, 2.75) is 6.61 Å². The van der Waals surface area contributed by atoms with Gasteiger partial charge in [-0.2, -0.15) is 0 Å². The van der Waals surface area contributed by atoms with Crippen LogP contribution in [0.4, 0.5) is 0 Å². The Morgan fingerprint density at radius 2 is 1.71 bits per heavy atom. The number of nitrogens with one attached hydrogen (secondary N) is 1. The molecule has 0 fully saturated rings. The number of hydrogen-bond acceptors (Lipinski definition) is 4. The van der Waals surface area contributed by atoms with Crippen LogP contribution in [0.3, 0.4) is 0 Å². The van der Waals surface area contributed by atoms with Gasteiger partial charge in [-0.1, -0.05) is 30.3 Å². The first-order valence-corrected chi connectivity index (χ1v) is 6.42. The monoisotopic (exact) mass is 287 g/mol. The van der Waals surface area contributed by atoms with E-state index in [0.29, 0.717) is 23.7 Å². The summed E-state index contributed by atoms with van der Waals surface area (Å²) in [6, 6.07) is 14.5. The Morgan fingerprint density at radius 1 is 1.00 bits per heavy atom. The van der Waals surface area contributed by atoms with Gasteiger partial charge in [-0.25, -0.2) is 5.48 Å². The molecule has 0 bridgehead atoms. The molecule has 0 saturated carbocycles. The Hall–Kier alpha value is -2.53. The lowest BCUT2D eigenvalue weighted by molar-refractivity contribution is 0.0233. The summed E-state index contributed by atoms with van der Waals surface area (Å²) in [5, 5.41) is 0. The molecular formula is C16H17NO4. The quantitative estimate of drug-likeness (QED) is 0.830. The maximum atomic E-state index is 12.0. The van der Waals surface area contributed by atoms with Crippen LogP contribution in [-0.4, -0.2) is 20.1 Å². The van der Waals surface area contributed by atoms with E-state index >= 15 is 0 Å². The minimum Gasteiger partial charge on any atom is -0.493 e. The molecule has 0 radical (unpaired) electrons. The summed E-state index contributed by atoms with van der Waals surface area (Å²) in [7, 11) is 3.06. The second-order valence-electron chi connectivity index (χ2n) is 4.28. The molecule has 0 aliphatic heterocycles. The van der Waals surface area contributed by atoms with Crippen molar-refractivity contribution >= 4 is 5.91 Å². The van der Waals surface area contributed by atoms with E-state index in [1.54, 1.807) is 25.3 Å². The molecule has 0 spiro atoms. The molecule has 0 aliphatic rings. The number of carbonyl (C=O) groups is 1. The van der Waals surface area contributed by atoms with Crippen molar-refractivity contribution in [1.29, 1.82) is 0 Å². The number of methoxy groups -OCH3 is 2. The van der Waals surface area contributed by atoms with Gasteiger partial charge in [0.2, 0.25) is 0 Å². The van der Waals surface area contributed by atoms with Gasteiger partial charge in [0.1, 0.15) is 0 Å². The average Bonchev–Trinajstić information content (AvgIpc) is 2.55. The third-order valence-corrected chi connectivity index (χ3v) is 2.89. The van der Waals surface area contributed by atoms with E-state index in [-0.39, 0.29) is 5.91 Å². The highest BCUT2D eigenvalue weighted by Gasteiger charge is 2.10. The molecule has 0 heterocycles. The van der Waals surface area contributed by atoms with E-state index in [4.69, 9.17) is 14.3 Å². The molecule has 1 N–H and O–H groups in total. The van der Waals surface area contributed by atoms with Crippen molar-refractivity contribution in [3.63, 3.8) is 0 Å². The molecule has 0 aliphatic carbocycles. The largest absolute Gasteiger partial charge is 0.493 e. The van der Waals surface area contributed by atoms with Crippen molar-refractivity contribution in [1.82, 2.24) is 5.48 Å². The minimum absolute atomic E-state index is 0.305. The first kappa shape index (κ1) is 14.9. The molecule has 2 aromatic carbocycles. The molecule has 5 nitrogen and oxygen atoms in total. The number of ether oxygens (including phenoxy) is 2. The third kappa shape index (κ3) is 3.97. The molecule has 0 saturated heterocycles. The smallest absolute Gasteiger partial charge is 0.274 e. The normalized spacial score (nSPS) is 10.0. The van der Waals surface area contributed by atoms with Crippen LogP contribution in [0.5, 0.6) is 11.5 Å². The number of hydroxylamine groups is 1. The summed E-state index contributed by atoms with van der Waals surface area (Å²) in [5.41, 5.74) is 3.81. The van der Waals surface area contributed by atoms with Gasteiger partial charge in [0.15, 0.2) is 11.5 Å². The predicted molar refractivity (Wildman–Crippen MR) is 78.2 cm³/mol. The van der Waals surface area contributed by atoms with Gasteiger partial charge >= 0.3 is 0 Å². The van der Waals surface area contributed by atoms with Crippen LogP contribution in [0.2, 0.25) is 0 Å². The standard InChI is InChI=1S/C16H17NO4/c1-19-14-9-8-13(10-15(14)20-2)16(18)17-21-11-12-6-4-3-5-7-12/h3-10H,11H2,1-2H3,(H,17,18). The highest BCUT2D eigenvalue weighted by Crippen LogP contribution is 2.27. The van der Waals surface area contributed by atoms with Crippen LogP contribution in [0.15, 0.2) is 48.5 Å². The zero-order chi connectivity index (χ0) is 15.1. The van der Waals surface area contributed by atoms with Gasteiger partial charge in [0, 0.05) is 5.56 Å². The molecule has 2 aromatic rings. The third-order valence-electron chi connectivity index (χ3n) is 2.89. The van der Waals surface area contributed by atoms with E-state index in [0.717, 1.165) is 5.56 Å². The lowest BCUT2D eigenvalue weighted by Gasteiger charge is -2.10.